The van der Waals surface area contributed by atoms with Gasteiger partial charge in [0.15, 0.2) is 0 Å². The van der Waals surface area contributed by atoms with Crippen LogP contribution in [0.3, 0.4) is 0 Å². The van der Waals surface area contributed by atoms with Gasteiger partial charge in [0.25, 0.3) is 5.56 Å². The zero-order chi connectivity index (χ0) is 23.3. The summed E-state index contributed by atoms with van der Waals surface area (Å²) in [6, 6.07) is 7.72. The van der Waals surface area contributed by atoms with E-state index in [9.17, 15) is 9.59 Å². The van der Waals surface area contributed by atoms with Crippen molar-refractivity contribution in [2.75, 3.05) is 11.9 Å². The topological polar surface area (TPSA) is 85.7 Å². The smallest absolute Gasteiger partial charge is 0.399 e. The predicted molar refractivity (Wildman–Crippen MR) is 124 cm³/mol. The van der Waals surface area contributed by atoms with E-state index in [1.807, 2.05) is 65.8 Å². The lowest BCUT2D eigenvalue weighted by molar-refractivity contribution is -0.119. The van der Waals surface area contributed by atoms with Gasteiger partial charge in [-0.25, -0.2) is 9.55 Å². The van der Waals surface area contributed by atoms with Crippen LogP contribution in [0.15, 0.2) is 29.1 Å². The van der Waals surface area contributed by atoms with Gasteiger partial charge in [0.1, 0.15) is 0 Å². The number of carbonyl (C=O) groups is 1. The second kappa shape index (κ2) is 8.05. The molecule has 0 saturated carbocycles. The molecule has 4 rings (SSSR count). The third kappa shape index (κ3) is 3.95. The van der Waals surface area contributed by atoms with Crippen molar-refractivity contribution in [3.8, 4) is 5.69 Å². The van der Waals surface area contributed by atoms with Gasteiger partial charge in [0.05, 0.1) is 29.1 Å². The largest absolute Gasteiger partial charge is 0.494 e. The van der Waals surface area contributed by atoms with Crippen molar-refractivity contribution < 1.29 is 14.1 Å². The quantitative estimate of drug-likeness (QED) is 0.567. The molecule has 1 N–H and O–H groups in total. The number of nitrogens with zero attached hydrogens (tertiary/aromatic N) is 3. The Hall–Kier alpha value is -2.65. The number of nitrogens with one attached hydrogen (secondary N) is 1. The third-order valence-electron chi connectivity index (χ3n) is 6.51. The van der Waals surface area contributed by atoms with Gasteiger partial charge in [-0.05, 0) is 65.6 Å². The predicted octanol–water partition coefficient (Wildman–Crippen LogP) is 1.87. The standard InChI is InChI=1S/C23H31BN4O4/c1-15(2)25-21-26-19-13-27(14-29)12-11-18(19)20(30)28(21)17-9-7-16(8-10-17)24-31-22(3,4)23(5,6)32-24/h7-10,14-15H,11-13H2,1-6H3,(H,25,26). The van der Waals surface area contributed by atoms with Crippen LogP contribution in [0.5, 0.6) is 0 Å². The van der Waals surface area contributed by atoms with Crippen molar-refractivity contribution in [2.24, 2.45) is 0 Å². The molecule has 9 heteroatoms. The van der Waals surface area contributed by atoms with Gasteiger partial charge in [-0.1, -0.05) is 12.1 Å². The van der Waals surface area contributed by atoms with E-state index >= 15 is 0 Å². The number of carbonyl (C=O) groups excluding carboxylic acids is 1. The summed E-state index contributed by atoms with van der Waals surface area (Å²) in [4.78, 5) is 31.0. The molecule has 1 saturated heterocycles. The van der Waals surface area contributed by atoms with Crippen LogP contribution in [-0.4, -0.2) is 51.8 Å². The highest BCUT2D eigenvalue weighted by Crippen LogP contribution is 2.36. The van der Waals surface area contributed by atoms with Gasteiger partial charge >= 0.3 is 7.12 Å². The maximum absolute atomic E-state index is 13.4. The first-order chi connectivity index (χ1) is 15.0. The van der Waals surface area contributed by atoms with Gasteiger partial charge in [-0.15, -0.1) is 0 Å². The molecule has 1 amide bonds. The molecule has 1 aromatic heterocycles. The number of benzene rings is 1. The highest BCUT2D eigenvalue weighted by atomic mass is 16.7. The Morgan fingerprint density at radius 3 is 2.31 bits per heavy atom. The van der Waals surface area contributed by atoms with Crippen LogP contribution < -0.4 is 16.3 Å². The minimum absolute atomic E-state index is 0.0842. The Labute approximate surface area is 189 Å². The third-order valence-corrected chi connectivity index (χ3v) is 6.51. The number of amides is 1. The molecule has 0 aliphatic carbocycles. The molecule has 2 aliphatic heterocycles. The molecule has 0 unspecified atom stereocenters. The molecule has 2 aliphatic rings. The first kappa shape index (κ1) is 22.5. The average Bonchev–Trinajstić information content (AvgIpc) is 2.94. The van der Waals surface area contributed by atoms with E-state index in [0.29, 0.717) is 42.4 Å². The summed E-state index contributed by atoms with van der Waals surface area (Å²) in [5.41, 5.74) is 1.98. The van der Waals surface area contributed by atoms with Crippen LogP contribution in [0, 0.1) is 0 Å². The van der Waals surface area contributed by atoms with E-state index in [4.69, 9.17) is 14.3 Å². The summed E-state index contributed by atoms with van der Waals surface area (Å²) >= 11 is 0. The SMILES string of the molecule is CC(C)Nc1nc2c(c(=O)n1-c1ccc(B3OC(C)(C)C(C)(C)O3)cc1)CCN(C=O)C2. The maximum atomic E-state index is 13.4. The molecule has 170 valence electrons. The van der Waals surface area contributed by atoms with Crippen molar-refractivity contribution >= 4 is 24.9 Å². The summed E-state index contributed by atoms with van der Waals surface area (Å²) < 4.78 is 13.9. The number of rotatable bonds is 5. The lowest BCUT2D eigenvalue weighted by Crippen LogP contribution is -2.41. The molecular formula is C23H31BN4O4. The molecule has 1 aromatic carbocycles. The molecule has 1 fully saturated rings. The Balaban J connectivity index is 1.72. The molecule has 8 nitrogen and oxygen atoms in total. The number of fused-ring (bicyclic) bond motifs is 1. The second-order valence-electron chi connectivity index (χ2n) is 9.81. The van der Waals surface area contributed by atoms with E-state index in [1.165, 1.54) is 0 Å². The van der Waals surface area contributed by atoms with Crippen LogP contribution in [0.4, 0.5) is 5.95 Å². The van der Waals surface area contributed by atoms with Gasteiger partial charge in [-0.2, -0.15) is 0 Å². The Morgan fingerprint density at radius 2 is 1.75 bits per heavy atom. The van der Waals surface area contributed by atoms with Crippen molar-refractivity contribution in [1.82, 2.24) is 14.5 Å². The van der Waals surface area contributed by atoms with Crippen LogP contribution in [0.2, 0.25) is 0 Å². The molecule has 0 atom stereocenters. The molecule has 0 bridgehead atoms. The van der Waals surface area contributed by atoms with Crippen LogP contribution in [-0.2, 0) is 27.1 Å². The van der Waals surface area contributed by atoms with Gasteiger partial charge in [-0.3, -0.25) is 9.59 Å². The minimum atomic E-state index is -0.463. The van der Waals surface area contributed by atoms with Crippen LogP contribution >= 0.6 is 0 Å². The Bertz CT molecular complexity index is 1060. The fourth-order valence-corrected chi connectivity index (χ4v) is 3.95. The Kier molecular flexibility index (Phi) is 5.67. The summed E-state index contributed by atoms with van der Waals surface area (Å²) in [6.45, 7) is 13.0. The zero-order valence-corrected chi connectivity index (χ0v) is 19.6. The summed E-state index contributed by atoms with van der Waals surface area (Å²) in [5, 5.41) is 3.28. The van der Waals surface area contributed by atoms with E-state index in [1.54, 1.807) is 9.47 Å². The lowest BCUT2D eigenvalue weighted by atomic mass is 9.79. The molecule has 2 aromatic rings. The van der Waals surface area contributed by atoms with Gasteiger partial charge in [0, 0.05) is 18.2 Å². The molecule has 3 heterocycles. The maximum Gasteiger partial charge on any atom is 0.494 e. The highest BCUT2D eigenvalue weighted by Gasteiger charge is 2.51. The molecule has 32 heavy (non-hydrogen) atoms. The number of hydrogen-bond acceptors (Lipinski definition) is 6. The van der Waals surface area contributed by atoms with Crippen molar-refractivity contribution in [3.05, 3.63) is 45.9 Å². The number of anilines is 1. The van der Waals surface area contributed by atoms with Crippen LogP contribution in [0.1, 0.15) is 52.8 Å². The Morgan fingerprint density at radius 1 is 1.12 bits per heavy atom. The fraction of sp³-hybridized carbons (Fsp3) is 0.522. The van der Waals surface area contributed by atoms with Crippen LogP contribution in [0.25, 0.3) is 5.69 Å². The molecule has 0 radical (unpaired) electrons. The summed E-state index contributed by atoms with van der Waals surface area (Å²) in [7, 11) is -0.463. The van der Waals surface area contributed by atoms with Crippen molar-refractivity contribution in [2.45, 2.75) is 71.8 Å². The fourth-order valence-electron chi connectivity index (χ4n) is 3.95. The summed E-state index contributed by atoms with van der Waals surface area (Å²) in [6.07, 6.45) is 1.30. The van der Waals surface area contributed by atoms with Gasteiger partial charge in [0.2, 0.25) is 12.4 Å². The number of aromatic nitrogens is 2. The van der Waals surface area contributed by atoms with E-state index in [0.717, 1.165) is 11.9 Å². The van der Waals surface area contributed by atoms with E-state index in [2.05, 4.69) is 5.32 Å². The molecule has 0 spiro atoms. The average molecular weight is 438 g/mol. The monoisotopic (exact) mass is 438 g/mol. The summed E-state index contributed by atoms with van der Waals surface area (Å²) in [5.74, 6) is 0.472. The lowest BCUT2D eigenvalue weighted by Gasteiger charge is -2.32. The highest BCUT2D eigenvalue weighted by molar-refractivity contribution is 6.62. The molecular weight excluding hydrogens is 407 g/mol. The van der Waals surface area contributed by atoms with Crippen molar-refractivity contribution in [1.29, 1.82) is 0 Å². The van der Waals surface area contributed by atoms with Crippen molar-refractivity contribution in [3.63, 3.8) is 0 Å². The van der Waals surface area contributed by atoms with Gasteiger partial charge < -0.3 is 19.5 Å². The zero-order valence-electron chi connectivity index (χ0n) is 19.6. The first-order valence-electron chi connectivity index (χ1n) is 11.1. The normalized spacial score (nSPS) is 19.2. The number of hydrogen-bond donors (Lipinski definition) is 1. The van der Waals surface area contributed by atoms with E-state index < -0.39 is 18.3 Å². The second-order valence-corrected chi connectivity index (χ2v) is 9.81. The minimum Gasteiger partial charge on any atom is -0.399 e. The first-order valence-corrected chi connectivity index (χ1v) is 11.1. The van der Waals surface area contributed by atoms with E-state index in [-0.39, 0.29) is 11.6 Å².